The number of ketones is 1. The molecule has 0 radical (unpaired) electrons. The number of Topliss-reactive ketones (excluding diaryl/α,β-unsaturated/α-hetero) is 1. The quantitative estimate of drug-likeness (QED) is 0.364. The molecule has 3 rings (SSSR count). The van der Waals surface area contributed by atoms with Crippen LogP contribution in [-0.2, 0) is 4.79 Å². The van der Waals surface area contributed by atoms with Crippen LogP contribution in [0.4, 0.5) is 0 Å². The number of hydrogen-bond acceptors (Lipinski definition) is 5. The minimum Gasteiger partial charge on any atom is -0.507 e. The van der Waals surface area contributed by atoms with Crippen LogP contribution in [0.1, 0.15) is 32.1 Å². The Kier molecular flexibility index (Phi) is 5.21. The predicted molar refractivity (Wildman–Crippen MR) is 101 cm³/mol. The van der Waals surface area contributed by atoms with Crippen LogP contribution in [0.3, 0.4) is 0 Å². The molecule has 0 fully saturated rings. The van der Waals surface area contributed by atoms with Gasteiger partial charge in [0.15, 0.2) is 0 Å². The molecule has 1 aromatic heterocycles. The zero-order valence-electron chi connectivity index (χ0n) is 15.3. The molecule has 8 heteroatoms. The highest BCUT2D eigenvalue weighted by atomic mass is 16.3. The van der Waals surface area contributed by atoms with Crippen molar-refractivity contribution in [3.8, 4) is 11.4 Å². The summed E-state index contributed by atoms with van der Waals surface area (Å²) in [5.74, 6) is -2.82. The van der Waals surface area contributed by atoms with Crippen LogP contribution in [0.5, 0.6) is 5.75 Å². The fourth-order valence-corrected chi connectivity index (χ4v) is 2.81. The minimum absolute atomic E-state index is 0.0282. The van der Waals surface area contributed by atoms with E-state index in [0.29, 0.717) is 11.4 Å². The van der Waals surface area contributed by atoms with Gasteiger partial charge >= 0.3 is 5.91 Å². The number of amides is 2. The van der Waals surface area contributed by atoms with Crippen molar-refractivity contribution in [1.82, 2.24) is 20.6 Å². The Labute approximate surface area is 160 Å². The molecular formula is C20H18N4O4. The van der Waals surface area contributed by atoms with Crippen LogP contribution in [0.2, 0.25) is 0 Å². The van der Waals surface area contributed by atoms with Crippen molar-refractivity contribution in [2.75, 3.05) is 0 Å². The van der Waals surface area contributed by atoms with E-state index in [4.69, 9.17) is 0 Å². The maximum Gasteiger partial charge on any atom is 0.310 e. The normalized spacial score (nSPS) is 10.4. The van der Waals surface area contributed by atoms with Gasteiger partial charge in [0.05, 0.1) is 28.2 Å². The van der Waals surface area contributed by atoms with Crippen LogP contribution in [0.25, 0.3) is 5.69 Å². The lowest BCUT2D eigenvalue weighted by Gasteiger charge is -2.08. The number of hydrazine groups is 1. The van der Waals surface area contributed by atoms with Crippen LogP contribution in [0.15, 0.2) is 54.6 Å². The van der Waals surface area contributed by atoms with E-state index in [9.17, 15) is 19.5 Å². The third-order valence-electron chi connectivity index (χ3n) is 4.16. The molecule has 2 aromatic carbocycles. The van der Waals surface area contributed by atoms with Gasteiger partial charge in [-0.3, -0.25) is 25.2 Å². The van der Waals surface area contributed by atoms with Crippen LogP contribution < -0.4 is 10.9 Å². The van der Waals surface area contributed by atoms with Crippen molar-refractivity contribution in [3.05, 3.63) is 77.1 Å². The molecule has 0 aliphatic rings. The highest BCUT2D eigenvalue weighted by Gasteiger charge is 2.25. The predicted octanol–water partition coefficient (Wildman–Crippen LogP) is 1.84. The number of carbonyl (C=O) groups excluding carboxylic acids is 3. The van der Waals surface area contributed by atoms with Crippen LogP contribution in [0, 0.1) is 13.8 Å². The van der Waals surface area contributed by atoms with Crippen molar-refractivity contribution in [2.45, 2.75) is 13.8 Å². The average Bonchev–Trinajstić information content (AvgIpc) is 3.00. The molecule has 0 aliphatic heterocycles. The topological polar surface area (TPSA) is 113 Å². The van der Waals surface area contributed by atoms with E-state index in [1.807, 2.05) is 30.3 Å². The zero-order valence-corrected chi connectivity index (χ0v) is 15.3. The summed E-state index contributed by atoms with van der Waals surface area (Å²) >= 11 is 0. The van der Waals surface area contributed by atoms with Gasteiger partial charge in [0.2, 0.25) is 0 Å². The Morgan fingerprint density at radius 1 is 0.929 bits per heavy atom. The number of para-hydroxylation sites is 2. The highest BCUT2D eigenvalue weighted by Crippen LogP contribution is 2.18. The van der Waals surface area contributed by atoms with Crippen LogP contribution in [-0.4, -0.2) is 32.5 Å². The van der Waals surface area contributed by atoms with E-state index in [2.05, 4.69) is 16.0 Å². The molecule has 0 bridgehead atoms. The van der Waals surface area contributed by atoms with Gasteiger partial charge in [-0.05, 0) is 38.1 Å². The molecule has 3 aromatic rings. The number of aromatic nitrogens is 2. The smallest absolute Gasteiger partial charge is 0.310 e. The Hall–Kier alpha value is -3.94. The number of benzene rings is 2. The second-order valence-corrected chi connectivity index (χ2v) is 6.05. The lowest BCUT2D eigenvalue weighted by molar-refractivity contribution is -0.117. The van der Waals surface area contributed by atoms with Crippen molar-refractivity contribution >= 4 is 17.6 Å². The fraction of sp³-hybridized carbons (Fsp3) is 0.100. The number of rotatable bonds is 4. The van der Waals surface area contributed by atoms with Gasteiger partial charge in [-0.1, -0.05) is 30.3 Å². The van der Waals surface area contributed by atoms with E-state index >= 15 is 0 Å². The second-order valence-electron chi connectivity index (χ2n) is 6.05. The first-order valence-electron chi connectivity index (χ1n) is 8.44. The molecule has 28 heavy (non-hydrogen) atoms. The maximum atomic E-state index is 12.6. The first-order chi connectivity index (χ1) is 13.4. The summed E-state index contributed by atoms with van der Waals surface area (Å²) in [5.41, 5.74) is 6.00. The summed E-state index contributed by atoms with van der Waals surface area (Å²) in [5, 5.41) is 14.0. The van der Waals surface area contributed by atoms with E-state index in [0.717, 1.165) is 5.69 Å². The first-order valence-corrected chi connectivity index (χ1v) is 8.44. The van der Waals surface area contributed by atoms with Crippen molar-refractivity contribution in [3.63, 3.8) is 0 Å². The molecule has 0 spiro atoms. The fourth-order valence-electron chi connectivity index (χ4n) is 2.81. The highest BCUT2D eigenvalue weighted by molar-refractivity contribution is 6.43. The second kappa shape index (κ2) is 7.75. The van der Waals surface area contributed by atoms with E-state index in [1.54, 1.807) is 30.7 Å². The summed E-state index contributed by atoms with van der Waals surface area (Å²) in [7, 11) is 0. The van der Waals surface area contributed by atoms with Gasteiger partial charge in [-0.2, -0.15) is 5.10 Å². The molecular weight excluding hydrogens is 360 g/mol. The third kappa shape index (κ3) is 3.61. The largest absolute Gasteiger partial charge is 0.507 e. The number of phenolic OH excluding ortho intramolecular Hbond substituents is 1. The SMILES string of the molecule is Cc1nn(-c2ccccc2)c(C)c1C(=O)C(=O)NNC(=O)c1ccccc1O. The Morgan fingerprint density at radius 3 is 2.25 bits per heavy atom. The average molecular weight is 378 g/mol. The summed E-state index contributed by atoms with van der Waals surface area (Å²) in [4.78, 5) is 36.9. The molecule has 3 N–H and O–H groups in total. The summed E-state index contributed by atoms with van der Waals surface area (Å²) in [6, 6.07) is 15.1. The van der Waals surface area contributed by atoms with Gasteiger partial charge in [0, 0.05) is 0 Å². The lowest BCUT2D eigenvalue weighted by atomic mass is 10.1. The number of aromatic hydroxyl groups is 1. The Bertz CT molecular complexity index is 1060. The zero-order chi connectivity index (χ0) is 20.3. The molecule has 8 nitrogen and oxygen atoms in total. The Morgan fingerprint density at radius 2 is 1.57 bits per heavy atom. The van der Waals surface area contributed by atoms with Gasteiger partial charge in [0.1, 0.15) is 5.75 Å². The molecule has 0 aliphatic carbocycles. The van der Waals surface area contributed by atoms with Crippen LogP contribution >= 0.6 is 0 Å². The van der Waals surface area contributed by atoms with Crippen molar-refractivity contribution in [2.24, 2.45) is 0 Å². The minimum atomic E-state index is -1.01. The number of hydrogen-bond donors (Lipinski definition) is 3. The summed E-state index contributed by atoms with van der Waals surface area (Å²) in [6.07, 6.45) is 0. The molecule has 0 saturated carbocycles. The molecule has 142 valence electrons. The first kappa shape index (κ1) is 18.8. The standard InChI is InChI=1S/C20H18N4O4/c1-12-17(13(2)24(23-12)14-8-4-3-5-9-14)18(26)20(28)22-21-19(27)15-10-6-7-11-16(15)25/h3-11,25H,1-2H3,(H,21,27)(H,22,28). The van der Waals surface area contributed by atoms with E-state index in [-0.39, 0.29) is 16.9 Å². The lowest BCUT2D eigenvalue weighted by Crippen LogP contribution is -2.45. The monoisotopic (exact) mass is 378 g/mol. The molecule has 0 saturated heterocycles. The number of carbonyl (C=O) groups is 3. The number of aryl methyl sites for hydroxylation is 1. The number of nitrogens with zero attached hydrogens (tertiary/aromatic N) is 2. The van der Waals surface area contributed by atoms with Gasteiger partial charge in [0.25, 0.3) is 11.7 Å². The molecule has 2 amide bonds. The number of phenols is 1. The summed E-state index contributed by atoms with van der Waals surface area (Å²) < 4.78 is 1.58. The summed E-state index contributed by atoms with van der Waals surface area (Å²) in [6.45, 7) is 3.32. The molecule has 0 unspecified atom stereocenters. The van der Waals surface area contributed by atoms with E-state index in [1.165, 1.54) is 12.1 Å². The van der Waals surface area contributed by atoms with Crippen molar-refractivity contribution in [1.29, 1.82) is 0 Å². The van der Waals surface area contributed by atoms with Crippen molar-refractivity contribution < 1.29 is 19.5 Å². The number of nitrogens with one attached hydrogen (secondary N) is 2. The van der Waals surface area contributed by atoms with Gasteiger partial charge < -0.3 is 5.11 Å². The van der Waals surface area contributed by atoms with Gasteiger partial charge in [-0.25, -0.2) is 4.68 Å². The molecule has 0 atom stereocenters. The van der Waals surface area contributed by atoms with E-state index < -0.39 is 17.6 Å². The molecule has 1 heterocycles. The third-order valence-corrected chi connectivity index (χ3v) is 4.16. The maximum absolute atomic E-state index is 12.6. The Balaban J connectivity index is 1.75. The van der Waals surface area contributed by atoms with Gasteiger partial charge in [-0.15, -0.1) is 0 Å².